The van der Waals surface area contributed by atoms with Crippen LogP contribution in [-0.2, 0) is 0 Å². The van der Waals surface area contributed by atoms with Crippen LogP contribution in [-0.4, -0.2) is 16.1 Å². The van der Waals surface area contributed by atoms with Gasteiger partial charge in [-0.05, 0) is 36.8 Å². The highest BCUT2D eigenvalue weighted by Gasteiger charge is 2.14. The Bertz CT molecular complexity index is 909. The van der Waals surface area contributed by atoms with E-state index in [0.717, 1.165) is 17.3 Å². The molecule has 1 N–H and O–H groups in total. The van der Waals surface area contributed by atoms with Crippen molar-refractivity contribution in [2.75, 3.05) is 0 Å². The lowest BCUT2D eigenvalue weighted by molar-refractivity contribution is 0.0697. The Kier molecular flexibility index (Phi) is 3.54. The number of carboxylic acid groups (broad SMARTS) is 1. The molecule has 1 heterocycles. The predicted molar refractivity (Wildman–Crippen MR) is 83.8 cm³/mol. The van der Waals surface area contributed by atoms with Gasteiger partial charge in [-0.1, -0.05) is 23.7 Å². The Morgan fingerprint density at radius 1 is 1.18 bits per heavy atom. The van der Waals surface area contributed by atoms with Crippen LogP contribution < -0.4 is 0 Å². The Balaban J connectivity index is 2.35. The van der Waals surface area contributed by atoms with Crippen LogP contribution in [0, 0.1) is 12.7 Å². The van der Waals surface area contributed by atoms with Crippen LogP contribution in [0.1, 0.15) is 15.9 Å². The van der Waals surface area contributed by atoms with Gasteiger partial charge in [0.05, 0.1) is 17.5 Å². The minimum Gasteiger partial charge on any atom is -0.478 e. The molecule has 0 bridgehead atoms. The molecule has 0 aliphatic rings. The monoisotopic (exact) mass is 315 g/mol. The molecule has 0 atom stereocenters. The van der Waals surface area contributed by atoms with Crippen molar-refractivity contribution in [2.24, 2.45) is 0 Å². The number of halogens is 2. The predicted octanol–water partition coefficient (Wildman–Crippen LogP) is 4.70. The number of aromatic nitrogens is 1. The molecule has 0 saturated heterocycles. The van der Waals surface area contributed by atoms with E-state index < -0.39 is 11.8 Å². The van der Waals surface area contributed by atoms with E-state index in [1.54, 1.807) is 18.2 Å². The molecular weight excluding hydrogens is 305 g/mol. The Hall–Kier alpha value is -2.46. The number of fused-ring (bicyclic) bond motifs is 1. The zero-order valence-corrected chi connectivity index (χ0v) is 12.4. The number of carboxylic acids is 1. The molecule has 3 nitrogen and oxygen atoms in total. The molecule has 0 aliphatic heterocycles. The summed E-state index contributed by atoms with van der Waals surface area (Å²) >= 11 is 5.96. The van der Waals surface area contributed by atoms with Gasteiger partial charge in [0, 0.05) is 21.4 Å². The topological polar surface area (TPSA) is 50.2 Å². The van der Waals surface area contributed by atoms with Crippen LogP contribution in [0.2, 0.25) is 5.02 Å². The second-order valence-electron chi connectivity index (χ2n) is 4.98. The first-order valence-electron chi connectivity index (χ1n) is 6.55. The molecule has 0 unspecified atom stereocenters. The van der Waals surface area contributed by atoms with E-state index in [9.17, 15) is 9.18 Å². The normalized spacial score (nSPS) is 10.9. The molecule has 5 heteroatoms. The van der Waals surface area contributed by atoms with Crippen molar-refractivity contribution >= 4 is 28.3 Å². The lowest BCUT2D eigenvalue weighted by Crippen LogP contribution is -1.98. The van der Waals surface area contributed by atoms with Crippen LogP contribution in [0.5, 0.6) is 0 Å². The fourth-order valence-electron chi connectivity index (χ4n) is 2.45. The zero-order valence-electron chi connectivity index (χ0n) is 11.6. The number of hydrogen-bond acceptors (Lipinski definition) is 2. The molecule has 3 rings (SSSR count). The van der Waals surface area contributed by atoms with E-state index in [1.807, 2.05) is 6.92 Å². The molecular formula is C17H11ClFNO2. The van der Waals surface area contributed by atoms with Crippen molar-refractivity contribution in [1.29, 1.82) is 0 Å². The highest BCUT2D eigenvalue weighted by Crippen LogP contribution is 2.32. The smallest absolute Gasteiger partial charge is 0.335 e. The first-order valence-corrected chi connectivity index (χ1v) is 6.93. The summed E-state index contributed by atoms with van der Waals surface area (Å²) in [5.41, 5.74) is 2.30. The second kappa shape index (κ2) is 5.39. The van der Waals surface area contributed by atoms with Gasteiger partial charge in [-0.3, -0.25) is 4.98 Å². The lowest BCUT2D eigenvalue weighted by Gasteiger charge is -2.10. The summed E-state index contributed by atoms with van der Waals surface area (Å²) in [4.78, 5) is 15.3. The van der Waals surface area contributed by atoms with Gasteiger partial charge in [-0.25, -0.2) is 9.18 Å². The third-order valence-corrected chi connectivity index (χ3v) is 3.76. The molecule has 0 fully saturated rings. The van der Waals surface area contributed by atoms with Gasteiger partial charge in [0.2, 0.25) is 0 Å². The van der Waals surface area contributed by atoms with E-state index in [2.05, 4.69) is 4.98 Å². The van der Waals surface area contributed by atoms with E-state index in [0.29, 0.717) is 21.5 Å². The molecule has 0 aliphatic carbocycles. The first-order chi connectivity index (χ1) is 10.5. The molecule has 0 spiro atoms. The molecule has 22 heavy (non-hydrogen) atoms. The summed E-state index contributed by atoms with van der Waals surface area (Å²) in [5.74, 6) is -1.55. The Morgan fingerprint density at radius 2 is 1.95 bits per heavy atom. The number of carbonyl (C=O) groups is 1. The number of benzene rings is 2. The number of hydrogen-bond donors (Lipinski definition) is 1. The largest absolute Gasteiger partial charge is 0.478 e. The van der Waals surface area contributed by atoms with Crippen LogP contribution in [0.3, 0.4) is 0 Å². The number of aromatic carboxylic acids is 1. The number of pyridine rings is 1. The van der Waals surface area contributed by atoms with Gasteiger partial charge in [0.1, 0.15) is 5.82 Å². The van der Waals surface area contributed by atoms with Crippen molar-refractivity contribution < 1.29 is 14.3 Å². The van der Waals surface area contributed by atoms with Crippen molar-refractivity contribution in [3.05, 3.63) is 64.6 Å². The Morgan fingerprint density at radius 3 is 2.64 bits per heavy atom. The van der Waals surface area contributed by atoms with Gasteiger partial charge in [0.15, 0.2) is 0 Å². The average Bonchev–Trinajstić information content (AvgIpc) is 2.48. The van der Waals surface area contributed by atoms with Crippen LogP contribution >= 0.6 is 11.6 Å². The standard InChI is InChI=1S/C17H11ClFNO2/c1-9-6-11(18)3-5-12(9)16-14-7-10(17(21)22)2-4-13(14)15(19)8-20-16/h2-8H,1H3,(H,21,22). The maximum absolute atomic E-state index is 13.9. The second-order valence-corrected chi connectivity index (χ2v) is 5.42. The van der Waals surface area contributed by atoms with E-state index >= 15 is 0 Å². The SMILES string of the molecule is Cc1cc(Cl)ccc1-c1ncc(F)c2ccc(C(=O)O)cc12. The molecule has 0 amide bonds. The molecule has 0 saturated carbocycles. The van der Waals surface area contributed by atoms with E-state index in [-0.39, 0.29) is 5.56 Å². The summed E-state index contributed by atoms with van der Waals surface area (Å²) in [6.45, 7) is 1.87. The molecule has 3 aromatic rings. The van der Waals surface area contributed by atoms with E-state index in [4.69, 9.17) is 16.7 Å². The minimum atomic E-state index is -1.06. The fourth-order valence-corrected chi connectivity index (χ4v) is 2.68. The highest BCUT2D eigenvalue weighted by molar-refractivity contribution is 6.30. The molecule has 2 aromatic carbocycles. The average molecular weight is 316 g/mol. The summed E-state index contributed by atoms with van der Waals surface area (Å²) in [6, 6.07) is 9.59. The first kappa shape index (κ1) is 14.5. The lowest BCUT2D eigenvalue weighted by atomic mass is 9.98. The van der Waals surface area contributed by atoms with Gasteiger partial charge in [0.25, 0.3) is 0 Å². The number of aryl methyl sites for hydroxylation is 1. The van der Waals surface area contributed by atoms with Gasteiger partial charge in [-0.2, -0.15) is 0 Å². The van der Waals surface area contributed by atoms with Crippen molar-refractivity contribution in [2.45, 2.75) is 6.92 Å². The summed E-state index contributed by atoms with van der Waals surface area (Å²) in [6.07, 6.45) is 1.14. The van der Waals surface area contributed by atoms with Crippen LogP contribution in [0.25, 0.3) is 22.0 Å². The van der Waals surface area contributed by atoms with Crippen molar-refractivity contribution in [1.82, 2.24) is 4.98 Å². The van der Waals surface area contributed by atoms with Gasteiger partial charge < -0.3 is 5.11 Å². The number of nitrogens with zero attached hydrogens (tertiary/aromatic N) is 1. The maximum atomic E-state index is 13.9. The quantitative estimate of drug-likeness (QED) is 0.745. The van der Waals surface area contributed by atoms with Gasteiger partial charge >= 0.3 is 5.97 Å². The summed E-state index contributed by atoms with van der Waals surface area (Å²) < 4.78 is 13.9. The molecule has 110 valence electrons. The van der Waals surface area contributed by atoms with E-state index in [1.165, 1.54) is 18.2 Å². The van der Waals surface area contributed by atoms with Crippen molar-refractivity contribution in [3.63, 3.8) is 0 Å². The van der Waals surface area contributed by atoms with Crippen LogP contribution in [0.15, 0.2) is 42.6 Å². The Labute approximate surface area is 131 Å². The third-order valence-electron chi connectivity index (χ3n) is 3.53. The minimum absolute atomic E-state index is 0.0905. The third kappa shape index (κ3) is 2.42. The van der Waals surface area contributed by atoms with Crippen molar-refractivity contribution in [3.8, 4) is 11.3 Å². The molecule has 0 radical (unpaired) electrons. The summed E-state index contributed by atoms with van der Waals surface area (Å²) in [7, 11) is 0. The summed E-state index contributed by atoms with van der Waals surface area (Å²) in [5, 5.41) is 10.5. The zero-order chi connectivity index (χ0) is 15.9. The van der Waals surface area contributed by atoms with Crippen LogP contribution in [0.4, 0.5) is 4.39 Å². The fraction of sp³-hybridized carbons (Fsp3) is 0.0588. The number of rotatable bonds is 2. The molecule has 1 aromatic heterocycles. The van der Waals surface area contributed by atoms with Gasteiger partial charge in [-0.15, -0.1) is 0 Å². The highest BCUT2D eigenvalue weighted by atomic mass is 35.5. The maximum Gasteiger partial charge on any atom is 0.335 e.